The second-order valence-electron chi connectivity index (χ2n) is 5.08. The van der Waals surface area contributed by atoms with Crippen LogP contribution in [0.25, 0.3) is 0 Å². The highest BCUT2D eigenvalue weighted by Crippen LogP contribution is 2.31. The van der Waals surface area contributed by atoms with E-state index in [2.05, 4.69) is 0 Å². The minimum Gasteiger partial charge on any atom is -0.480 e. The highest BCUT2D eigenvalue weighted by Gasteiger charge is 2.56. The average Bonchev–Trinajstić information content (AvgIpc) is 2.63. The number of rotatable bonds is 4. The first kappa shape index (κ1) is 17.7. The fourth-order valence-electron chi connectivity index (χ4n) is 1.95. The van der Waals surface area contributed by atoms with E-state index in [4.69, 9.17) is 10.8 Å². The van der Waals surface area contributed by atoms with Crippen molar-refractivity contribution >= 4 is 21.7 Å². The Kier molecular flexibility index (Phi) is 4.59. The number of hydrogen-bond donors (Lipinski definition) is 2. The summed E-state index contributed by atoms with van der Waals surface area (Å²) >= 11 is 0. The Morgan fingerprint density at radius 1 is 1.38 bits per heavy atom. The van der Waals surface area contributed by atoms with Crippen molar-refractivity contribution in [3.05, 3.63) is 0 Å². The molecule has 0 bridgehead atoms. The van der Waals surface area contributed by atoms with Gasteiger partial charge in [-0.25, -0.2) is 8.42 Å². The first-order valence-electron chi connectivity index (χ1n) is 5.87. The SMILES string of the molecule is CC(N)(C(=O)N(CC(=O)O)C1CCS(=O)(=O)C1)C(F)(F)F. The monoisotopic (exact) mass is 332 g/mol. The predicted molar refractivity (Wildman–Crippen MR) is 65.1 cm³/mol. The molecule has 0 aromatic heterocycles. The van der Waals surface area contributed by atoms with Crippen molar-refractivity contribution in [2.24, 2.45) is 5.73 Å². The van der Waals surface area contributed by atoms with Gasteiger partial charge in [-0.15, -0.1) is 0 Å². The van der Waals surface area contributed by atoms with Crippen LogP contribution in [0, 0.1) is 0 Å². The van der Waals surface area contributed by atoms with Gasteiger partial charge in [0.05, 0.1) is 11.5 Å². The number of hydrogen-bond acceptors (Lipinski definition) is 5. The number of aliphatic carboxylic acids is 1. The number of nitrogens with zero attached hydrogens (tertiary/aromatic N) is 1. The Hall–Kier alpha value is -1.36. The summed E-state index contributed by atoms with van der Waals surface area (Å²) in [5.74, 6) is -4.08. The minimum atomic E-state index is -5.09. The molecule has 21 heavy (non-hydrogen) atoms. The Morgan fingerprint density at radius 3 is 2.24 bits per heavy atom. The quantitative estimate of drug-likeness (QED) is 0.707. The molecular weight excluding hydrogens is 317 g/mol. The Balaban J connectivity index is 3.09. The summed E-state index contributed by atoms with van der Waals surface area (Å²) in [5, 5.41) is 8.73. The van der Waals surface area contributed by atoms with Crippen LogP contribution in [0.5, 0.6) is 0 Å². The average molecular weight is 332 g/mol. The fraction of sp³-hybridized carbons (Fsp3) is 0.800. The van der Waals surface area contributed by atoms with Crippen LogP contribution in [-0.2, 0) is 19.4 Å². The fourth-order valence-corrected chi connectivity index (χ4v) is 3.68. The lowest BCUT2D eigenvalue weighted by molar-refractivity contribution is -0.195. The molecule has 1 aliphatic heterocycles. The maximum absolute atomic E-state index is 12.8. The van der Waals surface area contributed by atoms with E-state index in [9.17, 15) is 31.2 Å². The first-order valence-corrected chi connectivity index (χ1v) is 7.69. The second kappa shape index (κ2) is 5.44. The number of carboxylic acid groups (broad SMARTS) is 1. The van der Waals surface area contributed by atoms with E-state index >= 15 is 0 Å². The number of carboxylic acids is 1. The zero-order valence-electron chi connectivity index (χ0n) is 11.1. The van der Waals surface area contributed by atoms with Crippen molar-refractivity contribution in [1.82, 2.24) is 4.90 Å². The lowest BCUT2D eigenvalue weighted by Crippen LogP contribution is -2.64. The normalized spacial score (nSPS) is 24.3. The van der Waals surface area contributed by atoms with Crippen LogP contribution in [-0.4, -0.2) is 66.1 Å². The van der Waals surface area contributed by atoms with Gasteiger partial charge in [0.2, 0.25) is 0 Å². The number of carbonyl (C=O) groups is 2. The molecule has 11 heteroatoms. The Morgan fingerprint density at radius 2 is 1.90 bits per heavy atom. The molecule has 0 radical (unpaired) electrons. The van der Waals surface area contributed by atoms with Gasteiger partial charge in [0.15, 0.2) is 15.4 Å². The van der Waals surface area contributed by atoms with Crippen molar-refractivity contribution in [2.45, 2.75) is 31.1 Å². The molecule has 2 atom stereocenters. The Bertz CT molecular complexity index is 543. The van der Waals surface area contributed by atoms with Crippen LogP contribution in [0.3, 0.4) is 0 Å². The molecule has 0 aromatic rings. The van der Waals surface area contributed by atoms with Crippen molar-refractivity contribution < 1.29 is 36.3 Å². The summed E-state index contributed by atoms with van der Waals surface area (Å²) in [6, 6.07) is -1.12. The van der Waals surface area contributed by atoms with Gasteiger partial charge in [-0.05, 0) is 13.3 Å². The molecule has 0 aromatic carbocycles. The van der Waals surface area contributed by atoms with Crippen molar-refractivity contribution in [3.8, 4) is 0 Å². The van der Waals surface area contributed by atoms with Gasteiger partial charge in [-0.3, -0.25) is 9.59 Å². The smallest absolute Gasteiger partial charge is 0.415 e. The zero-order chi connectivity index (χ0) is 16.6. The lowest BCUT2D eigenvalue weighted by atomic mass is 9.99. The number of carbonyl (C=O) groups excluding carboxylic acids is 1. The van der Waals surface area contributed by atoms with Crippen LogP contribution < -0.4 is 5.73 Å². The largest absolute Gasteiger partial charge is 0.480 e. The zero-order valence-corrected chi connectivity index (χ0v) is 11.9. The molecule has 0 saturated carbocycles. The predicted octanol–water partition coefficient (Wildman–Crippen LogP) is -0.634. The molecule has 0 spiro atoms. The first-order chi connectivity index (χ1) is 9.28. The number of amides is 1. The maximum atomic E-state index is 12.8. The molecule has 122 valence electrons. The van der Waals surface area contributed by atoms with E-state index in [1.54, 1.807) is 0 Å². The number of halogens is 3. The summed E-state index contributed by atoms with van der Waals surface area (Å²) in [6.45, 7) is -0.616. The molecule has 1 heterocycles. The van der Waals surface area contributed by atoms with E-state index in [0.29, 0.717) is 11.8 Å². The van der Waals surface area contributed by atoms with Gasteiger partial charge in [-0.2, -0.15) is 13.2 Å². The highest BCUT2D eigenvalue weighted by atomic mass is 32.2. The Labute approximate surface area is 118 Å². The summed E-state index contributed by atoms with van der Waals surface area (Å²) in [4.78, 5) is 23.1. The maximum Gasteiger partial charge on any atom is 0.415 e. The molecule has 1 fully saturated rings. The molecule has 7 nitrogen and oxygen atoms in total. The molecule has 2 unspecified atom stereocenters. The van der Waals surface area contributed by atoms with E-state index in [0.717, 1.165) is 0 Å². The lowest BCUT2D eigenvalue weighted by Gasteiger charge is -2.35. The minimum absolute atomic E-state index is 0.116. The third-order valence-corrected chi connectivity index (χ3v) is 5.00. The number of sulfone groups is 1. The highest BCUT2D eigenvalue weighted by molar-refractivity contribution is 7.91. The van der Waals surface area contributed by atoms with Gasteiger partial charge in [-0.1, -0.05) is 0 Å². The van der Waals surface area contributed by atoms with Gasteiger partial charge in [0.25, 0.3) is 5.91 Å². The number of alkyl halides is 3. The van der Waals surface area contributed by atoms with E-state index in [-0.39, 0.29) is 12.2 Å². The van der Waals surface area contributed by atoms with Gasteiger partial charge in [0.1, 0.15) is 6.54 Å². The molecule has 1 amide bonds. The molecule has 1 rings (SSSR count). The van der Waals surface area contributed by atoms with Crippen LogP contribution in [0.4, 0.5) is 13.2 Å². The standard InChI is InChI=1S/C10H15F3N2O5S/c1-9(14,10(11,12)13)8(18)15(4-7(16)17)6-2-3-21(19,20)5-6/h6H,2-5,14H2,1H3,(H,16,17). The van der Waals surface area contributed by atoms with Gasteiger partial charge in [0, 0.05) is 6.04 Å². The van der Waals surface area contributed by atoms with E-state index < -0.39 is 51.8 Å². The van der Waals surface area contributed by atoms with Crippen molar-refractivity contribution in [1.29, 1.82) is 0 Å². The molecular formula is C10H15F3N2O5S. The van der Waals surface area contributed by atoms with Crippen LogP contribution in [0.15, 0.2) is 0 Å². The van der Waals surface area contributed by atoms with E-state index in [1.807, 2.05) is 0 Å². The number of nitrogens with two attached hydrogens (primary N) is 1. The van der Waals surface area contributed by atoms with Crippen LogP contribution in [0.2, 0.25) is 0 Å². The van der Waals surface area contributed by atoms with Crippen molar-refractivity contribution in [2.75, 3.05) is 18.1 Å². The summed E-state index contributed by atoms with van der Waals surface area (Å²) in [7, 11) is -3.50. The van der Waals surface area contributed by atoms with Gasteiger partial charge < -0.3 is 15.7 Å². The topological polar surface area (TPSA) is 118 Å². The third kappa shape index (κ3) is 3.84. The van der Waals surface area contributed by atoms with Gasteiger partial charge >= 0.3 is 12.1 Å². The molecule has 3 N–H and O–H groups in total. The molecule has 0 aliphatic carbocycles. The van der Waals surface area contributed by atoms with Crippen LogP contribution >= 0.6 is 0 Å². The summed E-state index contributed by atoms with van der Waals surface area (Å²) < 4.78 is 61.1. The summed E-state index contributed by atoms with van der Waals surface area (Å²) in [5.41, 5.74) is 1.71. The van der Waals surface area contributed by atoms with E-state index in [1.165, 1.54) is 0 Å². The van der Waals surface area contributed by atoms with Crippen molar-refractivity contribution in [3.63, 3.8) is 0 Å². The van der Waals surface area contributed by atoms with Crippen LogP contribution in [0.1, 0.15) is 13.3 Å². The second-order valence-corrected chi connectivity index (χ2v) is 7.31. The summed E-state index contributed by atoms with van der Waals surface area (Å²) in [6.07, 6.45) is -5.20. The molecule has 1 saturated heterocycles. The molecule has 1 aliphatic rings. The third-order valence-electron chi connectivity index (χ3n) is 3.25.